The zero-order chi connectivity index (χ0) is 14.8. The van der Waals surface area contributed by atoms with Gasteiger partial charge in [0.1, 0.15) is 0 Å². The Bertz CT molecular complexity index is 779. The van der Waals surface area contributed by atoms with Crippen molar-refractivity contribution in [3.05, 3.63) is 81.8 Å². The average Bonchev–Trinajstić information content (AvgIpc) is 2.51. The highest BCUT2D eigenvalue weighted by Gasteiger charge is 2.13. The van der Waals surface area contributed by atoms with Gasteiger partial charge in [-0.15, -0.1) is 0 Å². The van der Waals surface area contributed by atoms with Gasteiger partial charge < -0.3 is 5.32 Å². The lowest BCUT2D eigenvalue weighted by atomic mass is 9.95. The predicted octanol–water partition coefficient (Wildman–Crippen LogP) is 5.22. The molecule has 1 unspecified atom stereocenters. The van der Waals surface area contributed by atoms with Crippen LogP contribution in [0, 0.1) is 6.92 Å². The Kier molecular flexibility index (Phi) is 4.09. The standard InChI is InChI=1S/C19H18BrN/c1-13-11-16(9-10-18(13)20)19(21-2)17-8-7-14-5-3-4-6-15(14)12-17/h3-12,19,21H,1-2H3. The minimum absolute atomic E-state index is 0.210. The molecule has 1 atom stereocenters. The first kappa shape index (κ1) is 14.3. The van der Waals surface area contributed by atoms with E-state index in [-0.39, 0.29) is 6.04 Å². The van der Waals surface area contributed by atoms with Gasteiger partial charge in [-0.2, -0.15) is 0 Å². The zero-order valence-corrected chi connectivity index (χ0v) is 13.8. The normalized spacial score (nSPS) is 12.5. The highest BCUT2D eigenvalue weighted by molar-refractivity contribution is 9.10. The summed E-state index contributed by atoms with van der Waals surface area (Å²) in [5.74, 6) is 0. The van der Waals surface area contributed by atoms with Crippen LogP contribution >= 0.6 is 15.9 Å². The first-order valence-electron chi connectivity index (χ1n) is 7.11. The summed E-state index contributed by atoms with van der Waals surface area (Å²) in [6.45, 7) is 2.13. The molecule has 0 aromatic heterocycles. The molecule has 0 aliphatic heterocycles. The van der Waals surface area contributed by atoms with E-state index >= 15 is 0 Å². The summed E-state index contributed by atoms with van der Waals surface area (Å²) in [5.41, 5.74) is 3.83. The maximum absolute atomic E-state index is 3.57. The van der Waals surface area contributed by atoms with Crippen molar-refractivity contribution in [2.24, 2.45) is 0 Å². The van der Waals surface area contributed by atoms with Crippen LogP contribution in [0.4, 0.5) is 0 Å². The molecule has 0 heterocycles. The third kappa shape index (κ3) is 2.87. The minimum atomic E-state index is 0.210. The van der Waals surface area contributed by atoms with Gasteiger partial charge >= 0.3 is 0 Å². The summed E-state index contributed by atoms with van der Waals surface area (Å²) >= 11 is 3.57. The van der Waals surface area contributed by atoms with E-state index < -0.39 is 0 Å². The van der Waals surface area contributed by atoms with Crippen LogP contribution in [-0.4, -0.2) is 7.05 Å². The van der Waals surface area contributed by atoms with E-state index in [4.69, 9.17) is 0 Å². The molecular formula is C19H18BrN. The van der Waals surface area contributed by atoms with E-state index in [1.54, 1.807) is 0 Å². The maximum atomic E-state index is 3.57. The smallest absolute Gasteiger partial charge is 0.0574 e. The van der Waals surface area contributed by atoms with Gasteiger partial charge in [0.2, 0.25) is 0 Å². The molecule has 0 spiro atoms. The van der Waals surface area contributed by atoms with Crippen LogP contribution in [-0.2, 0) is 0 Å². The quantitative estimate of drug-likeness (QED) is 0.689. The maximum Gasteiger partial charge on any atom is 0.0574 e. The fourth-order valence-corrected chi connectivity index (χ4v) is 3.01. The number of aryl methyl sites for hydroxylation is 1. The largest absolute Gasteiger partial charge is 0.309 e. The molecule has 1 N–H and O–H groups in total. The summed E-state index contributed by atoms with van der Waals surface area (Å²) in [6.07, 6.45) is 0. The van der Waals surface area contributed by atoms with E-state index in [1.165, 1.54) is 27.5 Å². The number of rotatable bonds is 3. The topological polar surface area (TPSA) is 12.0 Å². The molecule has 3 aromatic rings. The van der Waals surface area contributed by atoms with Gasteiger partial charge in [-0.25, -0.2) is 0 Å². The summed E-state index contributed by atoms with van der Waals surface area (Å²) in [4.78, 5) is 0. The fourth-order valence-electron chi connectivity index (χ4n) is 2.76. The van der Waals surface area contributed by atoms with Crippen LogP contribution < -0.4 is 5.32 Å². The molecule has 21 heavy (non-hydrogen) atoms. The molecule has 0 bridgehead atoms. The molecule has 0 fully saturated rings. The van der Waals surface area contributed by atoms with E-state index in [1.807, 2.05) is 7.05 Å². The molecule has 0 aliphatic carbocycles. The lowest BCUT2D eigenvalue weighted by Crippen LogP contribution is -2.17. The Hall–Kier alpha value is -1.64. The van der Waals surface area contributed by atoms with E-state index in [2.05, 4.69) is 88.8 Å². The van der Waals surface area contributed by atoms with Crippen LogP contribution in [0.15, 0.2) is 65.1 Å². The fraction of sp³-hybridized carbons (Fsp3) is 0.158. The Morgan fingerprint density at radius 3 is 2.24 bits per heavy atom. The number of benzene rings is 3. The van der Waals surface area contributed by atoms with Crippen LogP contribution in [0.1, 0.15) is 22.7 Å². The van der Waals surface area contributed by atoms with Crippen molar-refractivity contribution < 1.29 is 0 Å². The Balaban J connectivity index is 2.06. The third-order valence-corrected chi connectivity index (χ3v) is 4.80. The third-order valence-electron chi connectivity index (χ3n) is 3.91. The van der Waals surface area contributed by atoms with Crippen molar-refractivity contribution in [3.8, 4) is 0 Å². The Morgan fingerprint density at radius 1 is 0.857 bits per heavy atom. The molecule has 0 amide bonds. The Labute approximate surface area is 134 Å². The van der Waals surface area contributed by atoms with Gasteiger partial charge in [0.15, 0.2) is 0 Å². The molecule has 2 heteroatoms. The van der Waals surface area contributed by atoms with Gasteiger partial charge in [0, 0.05) is 4.47 Å². The zero-order valence-electron chi connectivity index (χ0n) is 12.2. The molecule has 106 valence electrons. The molecule has 0 aliphatic rings. The number of hydrogen-bond acceptors (Lipinski definition) is 1. The van der Waals surface area contributed by atoms with Crippen LogP contribution in [0.5, 0.6) is 0 Å². The summed E-state index contributed by atoms with van der Waals surface area (Å²) < 4.78 is 1.15. The average molecular weight is 340 g/mol. The summed E-state index contributed by atoms with van der Waals surface area (Å²) in [7, 11) is 2.01. The minimum Gasteiger partial charge on any atom is -0.309 e. The number of hydrogen-bond donors (Lipinski definition) is 1. The SMILES string of the molecule is CNC(c1ccc(Br)c(C)c1)c1ccc2ccccc2c1. The van der Waals surface area contributed by atoms with E-state index in [0.717, 1.165) is 4.47 Å². The molecule has 0 saturated carbocycles. The first-order chi connectivity index (χ1) is 10.2. The van der Waals surface area contributed by atoms with Crippen molar-refractivity contribution >= 4 is 26.7 Å². The van der Waals surface area contributed by atoms with Gasteiger partial charge in [0.25, 0.3) is 0 Å². The summed E-state index contributed by atoms with van der Waals surface area (Å²) in [6, 6.07) is 21.9. The van der Waals surface area contributed by atoms with Gasteiger partial charge in [-0.05, 0) is 53.6 Å². The van der Waals surface area contributed by atoms with E-state index in [0.29, 0.717) is 0 Å². The highest BCUT2D eigenvalue weighted by Crippen LogP contribution is 2.28. The molecule has 0 radical (unpaired) electrons. The molecule has 3 aromatic carbocycles. The second-order valence-corrected chi connectivity index (χ2v) is 6.19. The monoisotopic (exact) mass is 339 g/mol. The van der Waals surface area contributed by atoms with Crippen molar-refractivity contribution in [1.82, 2.24) is 5.32 Å². The lowest BCUT2D eigenvalue weighted by Gasteiger charge is -2.19. The lowest BCUT2D eigenvalue weighted by molar-refractivity contribution is 0.692. The highest BCUT2D eigenvalue weighted by atomic mass is 79.9. The van der Waals surface area contributed by atoms with Crippen molar-refractivity contribution in [2.45, 2.75) is 13.0 Å². The summed E-state index contributed by atoms with van der Waals surface area (Å²) in [5, 5.41) is 5.99. The number of fused-ring (bicyclic) bond motifs is 1. The predicted molar refractivity (Wildman–Crippen MR) is 93.7 cm³/mol. The number of nitrogens with one attached hydrogen (secondary N) is 1. The second kappa shape index (κ2) is 6.00. The van der Waals surface area contributed by atoms with Crippen LogP contribution in [0.3, 0.4) is 0 Å². The van der Waals surface area contributed by atoms with Crippen LogP contribution in [0.2, 0.25) is 0 Å². The number of halogens is 1. The molecule has 1 nitrogen and oxygen atoms in total. The van der Waals surface area contributed by atoms with Crippen molar-refractivity contribution in [2.75, 3.05) is 7.05 Å². The second-order valence-electron chi connectivity index (χ2n) is 5.34. The van der Waals surface area contributed by atoms with Crippen molar-refractivity contribution in [3.63, 3.8) is 0 Å². The molecular weight excluding hydrogens is 322 g/mol. The van der Waals surface area contributed by atoms with Crippen LogP contribution in [0.25, 0.3) is 10.8 Å². The van der Waals surface area contributed by atoms with Gasteiger partial charge in [0.05, 0.1) is 6.04 Å². The van der Waals surface area contributed by atoms with Gasteiger partial charge in [-0.3, -0.25) is 0 Å². The van der Waals surface area contributed by atoms with E-state index in [9.17, 15) is 0 Å². The first-order valence-corrected chi connectivity index (χ1v) is 7.90. The van der Waals surface area contributed by atoms with Gasteiger partial charge in [-0.1, -0.05) is 64.5 Å². The molecule has 3 rings (SSSR count). The Morgan fingerprint density at radius 2 is 1.52 bits per heavy atom. The molecule has 0 saturated heterocycles. The van der Waals surface area contributed by atoms with Crippen molar-refractivity contribution in [1.29, 1.82) is 0 Å².